The number of hydrogen-bond donors (Lipinski definition) is 1. The summed E-state index contributed by atoms with van der Waals surface area (Å²) < 4.78 is 10.5. The quantitative estimate of drug-likeness (QED) is 0.882. The molecule has 6 nitrogen and oxygen atoms in total. The Hall–Kier alpha value is -2.76. The molecule has 1 fully saturated rings. The lowest BCUT2D eigenvalue weighted by Gasteiger charge is -2.17. The molecule has 1 saturated heterocycles. The third kappa shape index (κ3) is 3.76. The maximum absolute atomic E-state index is 12.1. The van der Waals surface area contributed by atoms with E-state index in [0.717, 1.165) is 10.8 Å². The number of carbonyl (C=O) groups excluding carboxylic acids is 2. The summed E-state index contributed by atoms with van der Waals surface area (Å²) in [6.07, 6.45) is -0.943. The van der Waals surface area contributed by atoms with Gasteiger partial charge in [-0.15, -0.1) is 0 Å². The van der Waals surface area contributed by atoms with Gasteiger partial charge in [0, 0.05) is 13.1 Å². The first-order chi connectivity index (χ1) is 11.6. The van der Waals surface area contributed by atoms with Crippen molar-refractivity contribution in [1.82, 2.24) is 10.2 Å². The second-order valence-corrected chi connectivity index (χ2v) is 5.66. The number of ether oxygens (including phenoxy) is 2. The zero-order valence-electron chi connectivity index (χ0n) is 13.5. The van der Waals surface area contributed by atoms with Crippen LogP contribution in [0.5, 0.6) is 5.75 Å². The number of rotatable bonds is 6. The molecule has 24 heavy (non-hydrogen) atoms. The van der Waals surface area contributed by atoms with Crippen molar-refractivity contribution in [3.8, 4) is 5.75 Å². The maximum Gasteiger partial charge on any atom is 0.409 e. The molecule has 0 unspecified atom stereocenters. The average molecular weight is 328 g/mol. The lowest BCUT2D eigenvalue weighted by atomic mass is 10.1. The predicted octanol–water partition coefficient (Wildman–Crippen LogP) is 2.18. The number of benzene rings is 2. The van der Waals surface area contributed by atoms with Gasteiger partial charge in [0.2, 0.25) is 0 Å². The van der Waals surface area contributed by atoms with Crippen LogP contribution in [0, 0.1) is 0 Å². The first-order valence-electron chi connectivity index (χ1n) is 7.98. The minimum atomic E-state index is -0.614. The molecule has 0 bridgehead atoms. The zero-order valence-corrected chi connectivity index (χ0v) is 13.5. The van der Waals surface area contributed by atoms with Crippen LogP contribution in [0.25, 0.3) is 10.8 Å². The smallest absolute Gasteiger partial charge is 0.409 e. The van der Waals surface area contributed by atoms with Crippen LogP contribution in [0.4, 0.5) is 4.79 Å². The van der Waals surface area contributed by atoms with Gasteiger partial charge in [-0.05, 0) is 29.8 Å². The molecule has 0 saturated carbocycles. The Kier molecular flexibility index (Phi) is 4.84. The summed E-state index contributed by atoms with van der Waals surface area (Å²) in [7, 11) is 0. The highest BCUT2D eigenvalue weighted by atomic mass is 16.6. The van der Waals surface area contributed by atoms with Crippen LogP contribution < -0.4 is 10.1 Å². The van der Waals surface area contributed by atoms with Gasteiger partial charge in [0.05, 0.1) is 6.54 Å². The molecule has 2 aromatic carbocycles. The van der Waals surface area contributed by atoms with E-state index in [4.69, 9.17) is 9.47 Å². The van der Waals surface area contributed by atoms with E-state index < -0.39 is 6.10 Å². The van der Waals surface area contributed by atoms with Gasteiger partial charge >= 0.3 is 6.09 Å². The Morgan fingerprint density at radius 1 is 1.29 bits per heavy atom. The van der Waals surface area contributed by atoms with Gasteiger partial charge in [-0.1, -0.05) is 30.3 Å². The van der Waals surface area contributed by atoms with E-state index >= 15 is 0 Å². The first kappa shape index (κ1) is 16.1. The van der Waals surface area contributed by atoms with E-state index in [1.54, 1.807) is 11.8 Å². The summed E-state index contributed by atoms with van der Waals surface area (Å²) in [5.74, 6) is 0.440. The van der Waals surface area contributed by atoms with Crippen molar-refractivity contribution in [3.63, 3.8) is 0 Å². The van der Waals surface area contributed by atoms with Crippen molar-refractivity contribution in [3.05, 3.63) is 42.5 Å². The van der Waals surface area contributed by atoms with E-state index in [1.165, 1.54) is 0 Å². The van der Waals surface area contributed by atoms with Crippen LogP contribution in [-0.4, -0.2) is 49.2 Å². The molecular formula is C18H20N2O4. The molecule has 1 atom stereocenters. The number of nitrogens with one attached hydrogen (secondary N) is 1. The van der Waals surface area contributed by atoms with Crippen molar-refractivity contribution in [2.75, 3.05) is 26.2 Å². The highest BCUT2D eigenvalue weighted by Crippen LogP contribution is 2.21. The van der Waals surface area contributed by atoms with E-state index in [-0.39, 0.29) is 12.0 Å². The van der Waals surface area contributed by atoms with Crippen LogP contribution in [0.2, 0.25) is 0 Å². The Balaban J connectivity index is 1.50. The summed E-state index contributed by atoms with van der Waals surface area (Å²) in [4.78, 5) is 25.0. The van der Waals surface area contributed by atoms with Gasteiger partial charge in [-0.25, -0.2) is 4.79 Å². The number of hydrogen-bond acceptors (Lipinski definition) is 4. The summed E-state index contributed by atoms with van der Waals surface area (Å²) in [5, 5.41) is 4.96. The van der Waals surface area contributed by atoms with E-state index in [1.807, 2.05) is 42.5 Å². The number of cyclic esters (lactones) is 1. The fraction of sp³-hybridized carbons (Fsp3) is 0.333. The number of amides is 2. The van der Waals surface area contributed by atoms with E-state index in [2.05, 4.69) is 5.32 Å². The third-order valence-electron chi connectivity index (χ3n) is 3.93. The highest BCUT2D eigenvalue weighted by Gasteiger charge is 2.22. The van der Waals surface area contributed by atoms with Gasteiger partial charge in [-0.2, -0.15) is 0 Å². The topological polar surface area (TPSA) is 67.9 Å². The minimum absolute atomic E-state index is 0.212. The third-order valence-corrected chi connectivity index (χ3v) is 3.93. The molecule has 0 radical (unpaired) electrons. The van der Waals surface area contributed by atoms with Gasteiger partial charge in [-0.3, -0.25) is 4.79 Å². The molecule has 1 aliphatic heterocycles. The molecule has 1 aliphatic rings. The fourth-order valence-electron chi connectivity index (χ4n) is 2.58. The maximum atomic E-state index is 12.1. The molecule has 1 heterocycles. The molecule has 0 spiro atoms. The van der Waals surface area contributed by atoms with Crippen molar-refractivity contribution < 1.29 is 19.1 Å². The van der Waals surface area contributed by atoms with E-state index in [0.29, 0.717) is 32.0 Å². The molecule has 0 aromatic heterocycles. The highest BCUT2D eigenvalue weighted by molar-refractivity contribution is 5.84. The minimum Gasteiger partial charge on any atom is -0.481 e. The van der Waals surface area contributed by atoms with Crippen molar-refractivity contribution >= 4 is 22.8 Å². The van der Waals surface area contributed by atoms with Crippen molar-refractivity contribution in [1.29, 1.82) is 0 Å². The Labute approximate surface area is 140 Å². The predicted molar refractivity (Wildman–Crippen MR) is 90.0 cm³/mol. The lowest BCUT2D eigenvalue weighted by molar-refractivity contribution is -0.127. The van der Waals surface area contributed by atoms with Crippen molar-refractivity contribution in [2.24, 2.45) is 0 Å². The van der Waals surface area contributed by atoms with Gasteiger partial charge in [0.1, 0.15) is 12.4 Å². The summed E-state index contributed by atoms with van der Waals surface area (Å²) >= 11 is 0. The summed E-state index contributed by atoms with van der Waals surface area (Å²) in [6.45, 7) is 3.49. The molecule has 126 valence electrons. The number of nitrogens with zero attached hydrogens (tertiary/aromatic N) is 1. The molecule has 6 heteroatoms. The van der Waals surface area contributed by atoms with Gasteiger partial charge in [0.25, 0.3) is 5.91 Å². The van der Waals surface area contributed by atoms with E-state index in [9.17, 15) is 9.59 Å². The molecule has 2 amide bonds. The molecule has 0 aliphatic carbocycles. The standard InChI is InChI=1S/C18H20N2O4/c1-13(17(21)19-8-9-20-10-11-23-18(20)22)24-16-7-6-14-4-2-3-5-15(14)12-16/h2-7,12-13H,8-11H2,1H3,(H,19,21)/t13-/m1/s1. The average Bonchev–Trinajstić information content (AvgIpc) is 2.99. The second-order valence-electron chi connectivity index (χ2n) is 5.66. The molecular weight excluding hydrogens is 308 g/mol. The lowest BCUT2D eigenvalue weighted by Crippen LogP contribution is -2.41. The normalized spacial score (nSPS) is 15.2. The first-order valence-corrected chi connectivity index (χ1v) is 7.98. The summed E-state index contributed by atoms with van der Waals surface area (Å²) in [6, 6.07) is 13.7. The summed E-state index contributed by atoms with van der Waals surface area (Å²) in [5.41, 5.74) is 0. The number of carbonyl (C=O) groups is 2. The SMILES string of the molecule is C[C@@H](Oc1ccc2ccccc2c1)C(=O)NCCN1CCOC1=O. The van der Waals surface area contributed by atoms with Crippen LogP contribution in [0.1, 0.15) is 6.92 Å². The fourth-order valence-corrected chi connectivity index (χ4v) is 2.58. The van der Waals surface area contributed by atoms with Crippen molar-refractivity contribution in [2.45, 2.75) is 13.0 Å². The second kappa shape index (κ2) is 7.21. The van der Waals surface area contributed by atoms with Crippen LogP contribution in [-0.2, 0) is 9.53 Å². The monoisotopic (exact) mass is 328 g/mol. The Bertz CT molecular complexity index is 747. The molecule has 1 N–H and O–H groups in total. The largest absolute Gasteiger partial charge is 0.481 e. The Morgan fingerprint density at radius 3 is 2.83 bits per heavy atom. The molecule has 3 rings (SSSR count). The molecule has 2 aromatic rings. The Morgan fingerprint density at radius 2 is 2.08 bits per heavy atom. The van der Waals surface area contributed by atoms with Crippen LogP contribution in [0.15, 0.2) is 42.5 Å². The zero-order chi connectivity index (χ0) is 16.9. The van der Waals surface area contributed by atoms with Gasteiger partial charge < -0.3 is 19.7 Å². The van der Waals surface area contributed by atoms with Gasteiger partial charge in [0.15, 0.2) is 6.10 Å². The number of fused-ring (bicyclic) bond motifs is 1. The van der Waals surface area contributed by atoms with Crippen LogP contribution in [0.3, 0.4) is 0 Å². The van der Waals surface area contributed by atoms with Crippen LogP contribution >= 0.6 is 0 Å².